The van der Waals surface area contributed by atoms with E-state index in [-0.39, 0.29) is 18.6 Å². The van der Waals surface area contributed by atoms with Crippen LogP contribution in [0.15, 0.2) is 29.2 Å². The molecule has 1 fully saturated rings. The van der Waals surface area contributed by atoms with E-state index in [1.807, 2.05) is 13.0 Å². The lowest BCUT2D eigenvalue weighted by atomic mass is 9.97. The topological polar surface area (TPSA) is 83.6 Å². The fourth-order valence-electron chi connectivity index (χ4n) is 2.77. The Kier molecular flexibility index (Phi) is 5.37. The summed E-state index contributed by atoms with van der Waals surface area (Å²) in [5.74, 6) is 0.245. The van der Waals surface area contributed by atoms with Gasteiger partial charge in [-0.25, -0.2) is 8.42 Å². The van der Waals surface area contributed by atoms with E-state index in [0.29, 0.717) is 24.4 Å². The average molecular weight is 312 g/mol. The number of benzene rings is 1. The Morgan fingerprint density at radius 2 is 2.24 bits per heavy atom. The van der Waals surface area contributed by atoms with Crippen molar-refractivity contribution in [3.63, 3.8) is 0 Å². The van der Waals surface area contributed by atoms with Crippen molar-refractivity contribution >= 4 is 10.0 Å². The number of nitrogens with two attached hydrogens (primary N) is 1. The summed E-state index contributed by atoms with van der Waals surface area (Å²) in [7, 11) is -3.47. The number of nitrogens with zero attached hydrogens (tertiary/aromatic N) is 1. The Labute approximate surface area is 126 Å². The second kappa shape index (κ2) is 6.87. The highest BCUT2D eigenvalue weighted by atomic mass is 32.2. The lowest BCUT2D eigenvalue weighted by Crippen LogP contribution is -2.40. The average Bonchev–Trinajstić information content (AvgIpc) is 2.48. The van der Waals surface area contributed by atoms with Crippen LogP contribution >= 0.6 is 0 Å². The van der Waals surface area contributed by atoms with Gasteiger partial charge in [0.1, 0.15) is 0 Å². The minimum Gasteiger partial charge on any atom is -0.396 e. The van der Waals surface area contributed by atoms with Gasteiger partial charge in [0.25, 0.3) is 0 Å². The van der Waals surface area contributed by atoms with Crippen LogP contribution in [0, 0.1) is 5.92 Å². The van der Waals surface area contributed by atoms with Crippen LogP contribution in [0.5, 0.6) is 0 Å². The van der Waals surface area contributed by atoms with Gasteiger partial charge in [0.2, 0.25) is 10.0 Å². The van der Waals surface area contributed by atoms with E-state index in [1.54, 1.807) is 18.2 Å². The first-order chi connectivity index (χ1) is 9.95. The Bertz CT molecular complexity index is 570. The van der Waals surface area contributed by atoms with Crippen LogP contribution in [0.25, 0.3) is 0 Å². The van der Waals surface area contributed by atoms with E-state index in [2.05, 4.69) is 0 Å². The van der Waals surface area contributed by atoms with E-state index in [4.69, 9.17) is 10.8 Å². The third-order valence-corrected chi connectivity index (χ3v) is 5.90. The highest BCUT2D eigenvalue weighted by Crippen LogP contribution is 2.26. The number of rotatable bonds is 5. The molecule has 1 aliphatic rings. The molecule has 0 spiro atoms. The summed E-state index contributed by atoms with van der Waals surface area (Å²) in [5, 5.41) is 9.04. The van der Waals surface area contributed by atoms with Crippen molar-refractivity contribution in [1.82, 2.24) is 4.31 Å². The van der Waals surface area contributed by atoms with Gasteiger partial charge in [0, 0.05) is 25.7 Å². The Balaban J connectivity index is 2.23. The Hall–Kier alpha value is -0.950. The van der Waals surface area contributed by atoms with Crippen LogP contribution in [0.3, 0.4) is 0 Å². The van der Waals surface area contributed by atoms with Gasteiger partial charge in [-0.05, 0) is 49.8 Å². The van der Waals surface area contributed by atoms with Gasteiger partial charge in [-0.15, -0.1) is 0 Å². The highest BCUT2D eigenvalue weighted by Gasteiger charge is 2.30. The fraction of sp³-hybridized carbons (Fsp3) is 0.600. The summed E-state index contributed by atoms with van der Waals surface area (Å²) < 4.78 is 27.0. The Morgan fingerprint density at radius 3 is 2.90 bits per heavy atom. The standard InChI is InChI=1S/C15H24N2O3S/c1-12(16)14-5-2-6-15(10-14)21(19,20)17-8-3-4-13(11-17)7-9-18/h2,5-6,10,12-13,18H,3-4,7-9,11,16H2,1H3. The minimum atomic E-state index is -3.47. The second-order valence-corrected chi connectivity index (χ2v) is 7.68. The molecule has 1 heterocycles. The first-order valence-electron chi connectivity index (χ1n) is 7.41. The van der Waals surface area contributed by atoms with Gasteiger partial charge in [0.05, 0.1) is 4.90 Å². The third kappa shape index (κ3) is 3.83. The maximum atomic E-state index is 12.7. The summed E-state index contributed by atoms with van der Waals surface area (Å²) in [6.45, 7) is 2.99. The summed E-state index contributed by atoms with van der Waals surface area (Å²) in [5.41, 5.74) is 6.65. The molecule has 2 rings (SSSR count). The maximum absolute atomic E-state index is 12.7. The van der Waals surface area contributed by atoms with Crippen LogP contribution in [0.4, 0.5) is 0 Å². The number of sulfonamides is 1. The van der Waals surface area contributed by atoms with E-state index in [0.717, 1.165) is 18.4 Å². The predicted molar refractivity (Wildman–Crippen MR) is 82.2 cm³/mol. The molecule has 0 bridgehead atoms. The van der Waals surface area contributed by atoms with E-state index in [1.165, 1.54) is 4.31 Å². The number of piperidine rings is 1. The lowest BCUT2D eigenvalue weighted by molar-refractivity contribution is 0.203. The van der Waals surface area contributed by atoms with Crippen LogP contribution in [0.1, 0.15) is 37.8 Å². The van der Waals surface area contributed by atoms with Gasteiger partial charge < -0.3 is 10.8 Å². The van der Waals surface area contributed by atoms with E-state index >= 15 is 0 Å². The van der Waals surface area contributed by atoms with Crippen molar-refractivity contribution in [2.75, 3.05) is 19.7 Å². The van der Waals surface area contributed by atoms with Gasteiger partial charge in [0.15, 0.2) is 0 Å². The van der Waals surface area contributed by atoms with Gasteiger partial charge in [-0.2, -0.15) is 4.31 Å². The molecular formula is C15H24N2O3S. The van der Waals surface area contributed by atoms with Crippen molar-refractivity contribution in [2.45, 2.75) is 37.1 Å². The SMILES string of the molecule is CC(N)c1cccc(S(=O)(=O)N2CCCC(CCO)C2)c1. The zero-order valence-electron chi connectivity index (χ0n) is 12.4. The second-order valence-electron chi connectivity index (χ2n) is 5.74. The van der Waals surface area contributed by atoms with Gasteiger partial charge in [-0.3, -0.25) is 0 Å². The highest BCUT2D eigenvalue weighted by molar-refractivity contribution is 7.89. The zero-order valence-corrected chi connectivity index (χ0v) is 13.2. The summed E-state index contributed by atoms with van der Waals surface area (Å²) in [6, 6.07) is 6.67. The number of hydrogen-bond donors (Lipinski definition) is 2. The summed E-state index contributed by atoms with van der Waals surface area (Å²) >= 11 is 0. The zero-order chi connectivity index (χ0) is 15.5. The molecule has 0 amide bonds. The molecule has 6 heteroatoms. The molecule has 1 aliphatic heterocycles. The monoisotopic (exact) mass is 312 g/mol. The summed E-state index contributed by atoms with van der Waals surface area (Å²) in [6.07, 6.45) is 2.48. The maximum Gasteiger partial charge on any atom is 0.243 e. The summed E-state index contributed by atoms with van der Waals surface area (Å²) in [4.78, 5) is 0.307. The molecule has 0 aromatic heterocycles. The normalized spacial score (nSPS) is 22.1. The smallest absolute Gasteiger partial charge is 0.243 e. The molecule has 0 aliphatic carbocycles. The van der Waals surface area contributed by atoms with Crippen LogP contribution in [-0.2, 0) is 10.0 Å². The number of aliphatic hydroxyl groups excluding tert-OH is 1. The van der Waals surface area contributed by atoms with Crippen LogP contribution in [-0.4, -0.2) is 37.5 Å². The molecule has 2 atom stereocenters. The number of hydrogen-bond acceptors (Lipinski definition) is 4. The molecule has 2 unspecified atom stereocenters. The molecule has 1 aromatic carbocycles. The molecule has 5 nitrogen and oxygen atoms in total. The van der Waals surface area contributed by atoms with Crippen LogP contribution < -0.4 is 5.73 Å². The molecule has 1 saturated heterocycles. The van der Waals surface area contributed by atoms with Crippen molar-refractivity contribution in [3.05, 3.63) is 29.8 Å². The molecule has 1 aromatic rings. The third-order valence-electron chi connectivity index (χ3n) is 4.04. The Morgan fingerprint density at radius 1 is 1.48 bits per heavy atom. The first kappa shape index (κ1) is 16.4. The molecule has 118 valence electrons. The number of aliphatic hydroxyl groups is 1. The van der Waals surface area contributed by atoms with Gasteiger partial charge >= 0.3 is 0 Å². The van der Waals surface area contributed by atoms with E-state index < -0.39 is 10.0 Å². The first-order valence-corrected chi connectivity index (χ1v) is 8.85. The molecule has 0 radical (unpaired) electrons. The lowest BCUT2D eigenvalue weighted by Gasteiger charge is -2.31. The van der Waals surface area contributed by atoms with Gasteiger partial charge in [-0.1, -0.05) is 12.1 Å². The molecule has 21 heavy (non-hydrogen) atoms. The quantitative estimate of drug-likeness (QED) is 0.863. The van der Waals surface area contributed by atoms with E-state index in [9.17, 15) is 8.42 Å². The van der Waals surface area contributed by atoms with Crippen molar-refractivity contribution in [3.8, 4) is 0 Å². The van der Waals surface area contributed by atoms with Crippen molar-refractivity contribution < 1.29 is 13.5 Å². The largest absolute Gasteiger partial charge is 0.396 e. The van der Waals surface area contributed by atoms with Crippen LogP contribution in [0.2, 0.25) is 0 Å². The van der Waals surface area contributed by atoms with Crippen molar-refractivity contribution in [2.24, 2.45) is 11.7 Å². The minimum absolute atomic E-state index is 0.110. The predicted octanol–water partition coefficient (Wildman–Crippen LogP) is 1.49. The van der Waals surface area contributed by atoms with Crippen molar-refractivity contribution in [1.29, 1.82) is 0 Å². The molecule has 3 N–H and O–H groups in total. The fourth-order valence-corrected chi connectivity index (χ4v) is 4.38. The molecule has 0 saturated carbocycles. The molecular weight excluding hydrogens is 288 g/mol.